The van der Waals surface area contributed by atoms with Crippen molar-refractivity contribution in [3.8, 4) is 6.07 Å². The Balaban J connectivity index is 2.39. The van der Waals surface area contributed by atoms with Gasteiger partial charge in [-0.3, -0.25) is 10.1 Å². The molecule has 0 aliphatic rings. The van der Waals surface area contributed by atoms with Crippen LogP contribution in [0.1, 0.15) is 26.2 Å². The molecular weight excluding hydrogens is 262 g/mol. The number of nitro benzene ring substituents is 1. The van der Waals surface area contributed by atoms with Crippen molar-refractivity contribution in [1.29, 1.82) is 5.26 Å². The lowest BCUT2D eigenvalue weighted by atomic mass is 9.99. The molecule has 0 radical (unpaired) electrons. The second-order valence-corrected chi connectivity index (χ2v) is 5.70. The Labute approximate surface area is 116 Å². The molecule has 2 N–H and O–H groups in total. The summed E-state index contributed by atoms with van der Waals surface area (Å²) in [6.45, 7) is 1.71. The number of nitriles is 1. The van der Waals surface area contributed by atoms with E-state index in [2.05, 4.69) is 6.07 Å². The summed E-state index contributed by atoms with van der Waals surface area (Å²) in [5, 5.41) is 19.6. The number of thioether (sulfide) groups is 1. The molecule has 0 amide bonds. The third-order valence-corrected chi connectivity index (χ3v) is 3.81. The Kier molecular flexibility index (Phi) is 5.80. The van der Waals surface area contributed by atoms with Crippen molar-refractivity contribution in [2.24, 2.45) is 5.73 Å². The van der Waals surface area contributed by atoms with Gasteiger partial charge in [-0.05, 0) is 38.0 Å². The maximum absolute atomic E-state index is 10.8. The van der Waals surface area contributed by atoms with Gasteiger partial charge in [0.2, 0.25) is 0 Å². The van der Waals surface area contributed by atoms with Crippen LogP contribution in [0.5, 0.6) is 0 Å². The lowest BCUT2D eigenvalue weighted by molar-refractivity contribution is -0.387. The highest BCUT2D eigenvalue weighted by molar-refractivity contribution is 7.99. The summed E-state index contributed by atoms with van der Waals surface area (Å²) in [6.07, 6.45) is 2.36. The van der Waals surface area contributed by atoms with E-state index in [0.717, 1.165) is 18.6 Å². The molecule has 1 aromatic rings. The van der Waals surface area contributed by atoms with Gasteiger partial charge in [0.05, 0.1) is 15.9 Å². The molecule has 0 fully saturated rings. The fourth-order valence-corrected chi connectivity index (χ4v) is 2.60. The molecule has 0 aromatic heterocycles. The van der Waals surface area contributed by atoms with E-state index in [4.69, 9.17) is 11.0 Å². The first-order valence-electron chi connectivity index (χ1n) is 6.02. The minimum absolute atomic E-state index is 0.146. The minimum Gasteiger partial charge on any atom is -0.314 e. The first-order chi connectivity index (χ1) is 8.96. The summed E-state index contributed by atoms with van der Waals surface area (Å²) in [5.74, 6) is 0.784. The van der Waals surface area contributed by atoms with E-state index in [0.29, 0.717) is 11.3 Å². The normalized spacial score (nSPS) is 13.5. The second-order valence-electron chi connectivity index (χ2n) is 4.56. The van der Waals surface area contributed by atoms with E-state index in [1.54, 1.807) is 25.1 Å². The predicted molar refractivity (Wildman–Crippen MR) is 75.9 cm³/mol. The molecule has 102 valence electrons. The van der Waals surface area contributed by atoms with E-state index in [1.165, 1.54) is 17.8 Å². The molecule has 0 aliphatic heterocycles. The predicted octanol–water partition coefficient (Wildman–Crippen LogP) is 3.10. The van der Waals surface area contributed by atoms with Crippen molar-refractivity contribution in [3.05, 3.63) is 34.4 Å². The highest BCUT2D eigenvalue weighted by Gasteiger charge is 2.16. The van der Waals surface area contributed by atoms with Crippen molar-refractivity contribution in [2.75, 3.05) is 5.75 Å². The van der Waals surface area contributed by atoms with Gasteiger partial charge < -0.3 is 5.73 Å². The van der Waals surface area contributed by atoms with Crippen LogP contribution >= 0.6 is 11.8 Å². The maximum atomic E-state index is 10.8. The van der Waals surface area contributed by atoms with Crippen LogP contribution in [-0.4, -0.2) is 16.2 Å². The van der Waals surface area contributed by atoms with Crippen molar-refractivity contribution >= 4 is 17.4 Å². The van der Waals surface area contributed by atoms with Crippen molar-refractivity contribution < 1.29 is 4.92 Å². The number of hydrogen-bond donors (Lipinski definition) is 1. The molecule has 0 heterocycles. The molecule has 0 saturated carbocycles. The molecule has 1 aromatic carbocycles. The van der Waals surface area contributed by atoms with Gasteiger partial charge >= 0.3 is 0 Å². The van der Waals surface area contributed by atoms with Crippen LogP contribution in [0.4, 0.5) is 5.69 Å². The molecular formula is C13H17N3O2S. The first kappa shape index (κ1) is 15.5. The van der Waals surface area contributed by atoms with E-state index in [1.807, 2.05) is 0 Å². The Bertz CT molecular complexity index is 483. The van der Waals surface area contributed by atoms with E-state index < -0.39 is 5.54 Å². The molecule has 1 rings (SSSR count). The lowest BCUT2D eigenvalue weighted by Gasteiger charge is -2.14. The number of unbranched alkanes of at least 4 members (excludes halogenated alkanes) is 1. The number of para-hydroxylation sites is 1. The molecule has 0 bridgehead atoms. The fourth-order valence-electron chi connectivity index (χ4n) is 1.56. The molecule has 0 spiro atoms. The average molecular weight is 279 g/mol. The quantitative estimate of drug-likeness (QED) is 0.358. The van der Waals surface area contributed by atoms with E-state index in [-0.39, 0.29) is 10.6 Å². The summed E-state index contributed by atoms with van der Waals surface area (Å²) in [6, 6.07) is 8.77. The fraction of sp³-hybridized carbons (Fsp3) is 0.462. The minimum atomic E-state index is -0.774. The van der Waals surface area contributed by atoms with Crippen LogP contribution in [0.3, 0.4) is 0 Å². The summed E-state index contributed by atoms with van der Waals surface area (Å²) < 4.78 is 0. The highest BCUT2D eigenvalue weighted by atomic mass is 32.2. The van der Waals surface area contributed by atoms with Crippen molar-refractivity contribution in [2.45, 2.75) is 36.6 Å². The third-order valence-electron chi connectivity index (χ3n) is 2.67. The molecule has 0 aliphatic carbocycles. The van der Waals surface area contributed by atoms with Crippen LogP contribution < -0.4 is 5.73 Å². The SMILES string of the molecule is CC(N)(C#N)CCCCSc1ccccc1[N+](=O)[O-]. The van der Waals surface area contributed by atoms with Gasteiger partial charge in [-0.25, -0.2) is 0 Å². The Morgan fingerprint density at radius 2 is 2.16 bits per heavy atom. The Morgan fingerprint density at radius 3 is 2.79 bits per heavy atom. The molecule has 5 nitrogen and oxygen atoms in total. The maximum Gasteiger partial charge on any atom is 0.282 e. The topological polar surface area (TPSA) is 93.0 Å². The van der Waals surface area contributed by atoms with Gasteiger partial charge in [-0.1, -0.05) is 12.1 Å². The summed E-state index contributed by atoms with van der Waals surface area (Å²) in [5.41, 5.74) is 5.09. The molecule has 19 heavy (non-hydrogen) atoms. The average Bonchev–Trinajstić information content (AvgIpc) is 2.38. The monoisotopic (exact) mass is 279 g/mol. The lowest BCUT2D eigenvalue weighted by Crippen LogP contribution is -2.33. The Hall–Kier alpha value is -1.58. The third kappa shape index (κ3) is 5.28. The van der Waals surface area contributed by atoms with Crippen molar-refractivity contribution in [3.63, 3.8) is 0 Å². The zero-order valence-corrected chi connectivity index (χ0v) is 11.7. The van der Waals surface area contributed by atoms with Gasteiger partial charge in [-0.2, -0.15) is 5.26 Å². The zero-order valence-electron chi connectivity index (χ0n) is 10.8. The van der Waals surface area contributed by atoms with Crippen LogP contribution in [0.25, 0.3) is 0 Å². The summed E-state index contributed by atoms with van der Waals surface area (Å²) >= 11 is 1.47. The number of hydrogen-bond acceptors (Lipinski definition) is 5. The summed E-state index contributed by atoms with van der Waals surface area (Å²) in [4.78, 5) is 11.1. The number of nitrogens with zero attached hydrogens (tertiary/aromatic N) is 2. The van der Waals surface area contributed by atoms with Crippen LogP contribution in [0, 0.1) is 21.4 Å². The smallest absolute Gasteiger partial charge is 0.282 e. The van der Waals surface area contributed by atoms with Gasteiger partial charge in [0, 0.05) is 6.07 Å². The number of nitrogens with two attached hydrogens (primary N) is 1. The van der Waals surface area contributed by atoms with Gasteiger partial charge in [0.1, 0.15) is 5.54 Å². The van der Waals surface area contributed by atoms with Crippen molar-refractivity contribution in [1.82, 2.24) is 0 Å². The van der Waals surface area contributed by atoms with Crippen LogP contribution in [0.15, 0.2) is 29.2 Å². The Morgan fingerprint density at radius 1 is 1.47 bits per heavy atom. The number of rotatable bonds is 7. The second kappa shape index (κ2) is 7.12. The largest absolute Gasteiger partial charge is 0.314 e. The van der Waals surface area contributed by atoms with Crippen LogP contribution in [0.2, 0.25) is 0 Å². The zero-order chi connectivity index (χ0) is 14.3. The van der Waals surface area contributed by atoms with E-state index >= 15 is 0 Å². The molecule has 1 unspecified atom stereocenters. The molecule has 6 heteroatoms. The molecule has 0 saturated heterocycles. The van der Waals surface area contributed by atoms with E-state index in [9.17, 15) is 10.1 Å². The van der Waals surface area contributed by atoms with Gasteiger partial charge in [0.15, 0.2) is 0 Å². The summed E-state index contributed by atoms with van der Waals surface area (Å²) in [7, 11) is 0. The number of nitro groups is 1. The van der Waals surface area contributed by atoms with Crippen LogP contribution in [-0.2, 0) is 0 Å². The molecule has 1 atom stereocenters. The van der Waals surface area contributed by atoms with Gasteiger partial charge in [0.25, 0.3) is 5.69 Å². The standard InChI is InChI=1S/C13H17N3O2S/c1-13(15,10-14)8-4-5-9-19-12-7-3-2-6-11(12)16(17)18/h2-3,6-7H,4-5,8-9,15H2,1H3. The first-order valence-corrected chi connectivity index (χ1v) is 7.01. The van der Waals surface area contributed by atoms with Gasteiger partial charge in [-0.15, -0.1) is 11.8 Å². The highest BCUT2D eigenvalue weighted by Crippen LogP contribution is 2.29. The number of benzene rings is 1.